The summed E-state index contributed by atoms with van der Waals surface area (Å²) in [5.41, 5.74) is 0.632. The minimum Gasteiger partial charge on any atom is -0.480 e. The summed E-state index contributed by atoms with van der Waals surface area (Å²) >= 11 is 0. The van der Waals surface area contributed by atoms with Crippen LogP contribution in [0.1, 0.15) is 35.2 Å². The Kier molecular flexibility index (Phi) is 6.74. The molecule has 0 aromatic heterocycles. The molecule has 0 spiro atoms. The van der Waals surface area contributed by atoms with Crippen molar-refractivity contribution in [1.82, 2.24) is 9.62 Å². The summed E-state index contributed by atoms with van der Waals surface area (Å²) in [4.78, 5) is 23.6. The molecule has 1 aromatic rings. The van der Waals surface area contributed by atoms with E-state index in [0.717, 1.165) is 19.3 Å². The Labute approximate surface area is 153 Å². The van der Waals surface area contributed by atoms with Crippen LogP contribution in [0.2, 0.25) is 0 Å². The number of rotatable bonds is 7. The molecular weight excluding hydrogens is 360 g/mol. The Balaban J connectivity index is 2.28. The first kappa shape index (κ1) is 20.3. The van der Waals surface area contributed by atoms with Crippen LogP contribution in [0.15, 0.2) is 23.1 Å². The van der Waals surface area contributed by atoms with E-state index >= 15 is 0 Å². The normalized spacial score (nSPS) is 16.8. The Morgan fingerprint density at radius 2 is 1.92 bits per heavy atom. The van der Waals surface area contributed by atoms with Crippen LogP contribution in [0.3, 0.4) is 0 Å². The summed E-state index contributed by atoms with van der Waals surface area (Å²) in [5, 5.41) is 11.4. The number of carboxylic acid groups (broad SMARTS) is 1. The predicted molar refractivity (Wildman–Crippen MR) is 94.6 cm³/mol. The van der Waals surface area contributed by atoms with Gasteiger partial charge in [-0.2, -0.15) is 4.31 Å². The molecule has 1 saturated heterocycles. The average Bonchev–Trinajstić information content (AvgIpc) is 2.62. The van der Waals surface area contributed by atoms with E-state index in [4.69, 9.17) is 9.84 Å². The van der Waals surface area contributed by atoms with Crippen LogP contribution in [0.4, 0.5) is 0 Å². The van der Waals surface area contributed by atoms with Gasteiger partial charge in [0.05, 0.1) is 11.5 Å². The SMILES string of the molecule is COCC(NC(=O)c1ccc(C)c(S(=O)(=O)N2CCCCC2)c1)C(=O)O. The number of aliphatic carboxylic acids is 1. The van der Waals surface area contributed by atoms with Crippen LogP contribution in [0.5, 0.6) is 0 Å². The van der Waals surface area contributed by atoms with Crippen LogP contribution >= 0.6 is 0 Å². The second-order valence-corrected chi connectivity index (χ2v) is 8.17. The van der Waals surface area contributed by atoms with Gasteiger partial charge < -0.3 is 15.2 Å². The van der Waals surface area contributed by atoms with Crippen LogP contribution in [0, 0.1) is 6.92 Å². The Hall–Kier alpha value is -1.97. The molecule has 0 aliphatic carbocycles. The zero-order valence-corrected chi connectivity index (χ0v) is 15.7. The van der Waals surface area contributed by atoms with E-state index in [1.54, 1.807) is 13.0 Å². The maximum absolute atomic E-state index is 12.9. The smallest absolute Gasteiger partial charge is 0.328 e. The van der Waals surface area contributed by atoms with Gasteiger partial charge in [0, 0.05) is 25.8 Å². The lowest BCUT2D eigenvalue weighted by Gasteiger charge is -2.26. The molecule has 1 amide bonds. The summed E-state index contributed by atoms with van der Waals surface area (Å²) in [7, 11) is -2.36. The molecule has 2 rings (SSSR count). The zero-order valence-electron chi connectivity index (χ0n) is 14.9. The Bertz CT molecular complexity index is 771. The molecule has 1 aliphatic rings. The number of aryl methyl sites for hydroxylation is 1. The third kappa shape index (κ3) is 4.60. The predicted octanol–water partition coefficient (Wildman–Crippen LogP) is 0.999. The van der Waals surface area contributed by atoms with Crippen molar-refractivity contribution >= 4 is 21.9 Å². The lowest BCUT2D eigenvalue weighted by Crippen LogP contribution is -2.43. The molecule has 0 radical (unpaired) electrons. The molecular formula is C17H24N2O6S. The largest absolute Gasteiger partial charge is 0.480 e. The highest BCUT2D eigenvalue weighted by atomic mass is 32.2. The second-order valence-electron chi connectivity index (χ2n) is 6.26. The fourth-order valence-corrected chi connectivity index (χ4v) is 4.61. The molecule has 1 heterocycles. The van der Waals surface area contributed by atoms with Crippen LogP contribution < -0.4 is 5.32 Å². The average molecular weight is 384 g/mol. The Morgan fingerprint density at radius 3 is 2.50 bits per heavy atom. The number of piperidine rings is 1. The van der Waals surface area contributed by atoms with Gasteiger partial charge in [0.1, 0.15) is 0 Å². The molecule has 26 heavy (non-hydrogen) atoms. The summed E-state index contributed by atoms with van der Waals surface area (Å²) in [5.74, 6) is -1.89. The van der Waals surface area contributed by atoms with Gasteiger partial charge in [0.15, 0.2) is 6.04 Å². The lowest BCUT2D eigenvalue weighted by molar-refractivity contribution is -0.140. The minimum absolute atomic E-state index is 0.0747. The third-order valence-corrected chi connectivity index (χ3v) is 6.36. The topological polar surface area (TPSA) is 113 Å². The molecule has 0 bridgehead atoms. The van der Waals surface area contributed by atoms with Gasteiger partial charge in [0.25, 0.3) is 5.91 Å². The van der Waals surface area contributed by atoms with Gasteiger partial charge in [-0.25, -0.2) is 13.2 Å². The summed E-state index contributed by atoms with van der Waals surface area (Å²) < 4.78 is 32.0. The van der Waals surface area contributed by atoms with Crippen molar-refractivity contribution in [2.75, 3.05) is 26.8 Å². The molecule has 1 atom stereocenters. The first-order valence-electron chi connectivity index (χ1n) is 8.40. The molecule has 2 N–H and O–H groups in total. The fraction of sp³-hybridized carbons (Fsp3) is 0.529. The van der Waals surface area contributed by atoms with Gasteiger partial charge in [0.2, 0.25) is 10.0 Å². The summed E-state index contributed by atoms with van der Waals surface area (Å²) in [6, 6.07) is 3.12. The number of nitrogens with zero attached hydrogens (tertiary/aromatic N) is 1. The first-order chi connectivity index (χ1) is 12.3. The molecule has 1 fully saturated rings. The van der Waals surface area contributed by atoms with E-state index < -0.39 is 27.9 Å². The van der Waals surface area contributed by atoms with Gasteiger partial charge in [-0.05, 0) is 37.5 Å². The summed E-state index contributed by atoms with van der Waals surface area (Å²) in [6.07, 6.45) is 2.63. The number of carboxylic acids is 1. The second kappa shape index (κ2) is 8.61. The molecule has 144 valence electrons. The van der Waals surface area contributed by atoms with Crippen LogP contribution in [0.25, 0.3) is 0 Å². The minimum atomic E-state index is -3.69. The van der Waals surface area contributed by atoms with Crippen LogP contribution in [-0.2, 0) is 19.6 Å². The highest BCUT2D eigenvalue weighted by Crippen LogP contribution is 2.24. The van der Waals surface area contributed by atoms with Gasteiger partial charge in [-0.15, -0.1) is 0 Å². The molecule has 1 aromatic carbocycles. The van der Waals surface area contributed by atoms with E-state index in [2.05, 4.69) is 5.32 Å². The number of carbonyl (C=O) groups excluding carboxylic acids is 1. The summed E-state index contributed by atoms with van der Waals surface area (Å²) in [6.45, 7) is 2.41. The first-order valence-corrected chi connectivity index (χ1v) is 9.84. The third-order valence-electron chi connectivity index (χ3n) is 4.32. The number of benzene rings is 1. The molecule has 1 unspecified atom stereocenters. The number of amides is 1. The van der Waals surface area contributed by atoms with Crippen molar-refractivity contribution in [2.45, 2.75) is 37.1 Å². The van der Waals surface area contributed by atoms with E-state index in [1.807, 2.05) is 0 Å². The molecule has 9 heteroatoms. The zero-order chi connectivity index (χ0) is 19.3. The van der Waals surface area contributed by atoms with E-state index in [0.29, 0.717) is 18.7 Å². The van der Waals surface area contributed by atoms with E-state index in [9.17, 15) is 18.0 Å². The van der Waals surface area contributed by atoms with Crippen molar-refractivity contribution in [3.05, 3.63) is 29.3 Å². The van der Waals surface area contributed by atoms with E-state index in [-0.39, 0.29) is 17.1 Å². The van der Waals surface area contributed by atoms with Crippen molar-refractivity contribution in [3.63, 3.8) is 0 Å². The van der Waals surface area contributed by atoms with Gasteiger partial charge in [-0.1, -0.05) is 12.5 Å². The van der Waals surface area contributed by atoms with Crippen molar-refractivity contribution in [1.29, 1.82) is 0 Å². The number of carbonyl (C=O) groups is 2. The van der Waals surface area contributed by atoms with Gasteiger partial charge >= 0.3 is 5.97 Å². The highest BCUT2D eigenvalue weighted by molar-refractivity contribution is 7.89. The fourth-order valence-electron chi connectivity index (χ4n) is 2.85. The van der Waals surface area contributed by atoms with E-state index in [1.165, 1.54) is 23.5 Å². The number of sulfonamides is 1. The molecule has 0 saturated carbocycles. The quantitative estimate of drug-likeness (QED) is 0.725. The van der Waals surface area contributed by atoms with Crippen LogP contribution in [-0.4, -0.2) is 62.6 Å². The highest BCUT2D eigenvalue weighted by Gasteiger charge is 2.28. The standard InChI is InChI=1S/C17H24N2O6S/c1-12-6-7-13(16(20)18-14(11-25-2)17(21)22)10-15(12)26(23,24)19-8-4-3-5-9-19/h6-7,10,14H,3-5,8-9,11H2,1-2H3,(H,18,20)(H,21,22). The number of hydrogen-bond acceptors (Lipinski definition) is 5. The maximum atomic E-state index is 12.9. The lowest BCUT2D eigenvalue weighted by atomic mass is 10.1. The number of methoxy groups -OCH3 is 1. The number of ether oxygens (including phenoxy) is 1. The van der Waals surface area contributed by atoms with Crippen molar-refractivity contribution in [2.24, 2.45) is 0 Å². The number of nitrogens with one attached hydrogen (secondary N) is 1. The maximum Gasteiger partial charge on any atom is 0.328 e. The molecule has 1 aliphatic heterocycles. The van der Waals surface area contributed by atoms with Crippen molar-refractivity contribution in [3.8, 4) is 0 Å². The monoisotopic (exact) mass is 384 g/mol. The van der Waals surface area contributed by atoms with Gasteiger partial charge in [-0.3, -0.25) is 4.79 Å². The number of hydrogen-bond donors (Lipinski definition) is 2. The Morgan fingerprint density at radius 1 is 1.27 bits per heavy atom. The molecule has 8 nitrogen and oxygen atoms in total. The van der Waals surface area contributed by atoms with Crippen molar-refractivity contribution < 1.29 is 27.9 Å².